The van der Waals surface area contributed by atoms with Crippen molar-refractivity contribution in [2.45, 2.75) is 52.5 Å². The van der Waals surface area contributed by atoms with Crippen LogP contribution in [0, 0.1) is 0 Å². The van der Waals surface area contributed by atoms with Gasteiger partial charge in [-0.3, -0.25) is 9.48 Å². The maximum Gasteiger partial charge on any atom is 0.217 e. The van der Waals surface area contributed by atoms with Crippen LogP contribution in [0.3, 0.4) is 0 Å². The molecule has 1 N–H and O–H groups in total. The summed E-state index contributed by atoms with van der Waals surface area (Å²) >= 11 is 0. The smallest absolute Gasteiger partial charge is 0.217 e. The molecule has 136 valence electrons. The number of hydrogen-bond acceptors (Lipinski definition) is 5. The SMILES string of the molecule is CC(C)(C)c1cc(N=NC2=C(O)c3ccccc3C2=O)nn1C(C)(C)C. The van der Waals surface area contributed by atoms with Crippen LogP contribution in [0.1, 0.15) is 63.2 Å². The first kappa shape index (κ1) is 18.0. The average molecular weight is 352 g/mol. The quantitative estimate of drug-likeness (QED) is 0.760. The van der Waals surface area contributed by atoms with Crippen molar-refractivity contribution in [3.63, 3.8) is 0 Å². The maximum absolute atomic E-state index is 12.4. The van der Waals surface area contributed by atoms with E-state index in [0.717, 1.165) is 5.69 Å². The van der Waals surface area contributed by atoms with E-state index in [1.54, 1.807) is 24.3 Å². The molecular weight excluding hydrogens is 328 g/mol. The Balaban J connectivity index is 1.99. The monoisotopic (exact) mass is 352 g/mol. The van der Waals surface area contributed by atoms with Gasteiger partial charge in [-0.25, -0.2) is 0 Å². The number of carbonyl (C=O) groups excluding carboxylic acids is 1. The van der Waals surface area contributed by atoms with Gasteiger partial charge in [-0.1, -0.05) is 45.0 Å². The Morgan fingerprint density at radius 2 is 1.62 bits per heavy atom. The fourth-order valence-electron chi connectivity index (χ4n) is 2.91. The number of ketones is 1. The molecular formula is C20H24N4O2. The van der Waals surface area contributed by atoms with Crippen LogP contribution >= 0.6 is 0 Å². The lowest BCUT2D eigenvalue weighted by molar-refractivity contribution is 0.103. The lowest BCUT2D eigenvalue weighted by Gasteiger charge is -2.28. The van der Waals surface area contributed by atoms with Gasteiger partial charge in [0.05, 0.1) is 5.54 Å². The molecule has 2 aromatic rings. The van der Waals surface area contributed by atoms with Crippen LogP contribution in [0.25, 0.3) is 5.76 Å². The van der Waals surface area contributed by atoms with Crippen molar-refractivity contribution in [3.05, 3.63) is 52.8 Å². The number of Topliss-reactive ketones (excluding diaryl/α,β-unsaturated/α-hetero) is 1. The van der Waals surface area contributed by atoms with Gasteiger partial charge in [-0.2, -0.15) is 5.10 Å². The number of allylic oxidation sites excluding steroid dienone is 1. The highest BCUT2D eigenvalue weighted by molar-refractivity contribution is 6.19. The third-order valence-electron chi connectivity index (χ3n) is 4.22. The van der Waals surface area contributed by atoms with Gasteiger partial charge in [0.2, 0.25) is 5.78 Å². The Morgan fingerprint density at radius 1 is 1.00 bits per heavy atom. The van der Waals surface area contributed by atoms with Crippen molar-refractivity contribution in [2.24, 2.45) is 10.2 Å². The van der Waals surface area contributed by atoms with Gasteiger partial charge in [0.1, 0.15) is 0 Å². The van der Waals surface area contributed by atoms with Crippen LogP contribution in [0.5, 0.6) is 0 Å². The molecule has 0 spiro atoms. The molecule has 1 aliphatic carbocycles. The summed E-state index contributed by atoms with van der Waals surface area (Å²) in [6.45, 7) is 12.5. The van der Waals surface area contributed by atoms with Crippen LogP contribution in [0.4, 0.5) is 5.82 Å². The summed E-state index contributed by atoms with van der Waals surface area (Å²) in [7, 11) is 0. The summed E-state index contributed by atoms with van der Waals surface area (Å²) < 4.78 is 1.93. The topological polar surface area (TPSA) is 79.8 Å². The maximum atomic E-state index is 12.4. The van der Waals surface area contributed by atoms with E-state index in [-0.39, 0.29) is 28.2 Å². The Bertz CT molecular complexity index is 906. The van der Waals surface area contributed by atoms with Crippen LogP contribution in [-0.2, 0) is 11.0 Å². The van der Waals surface area contributed by atoms with E-state index < -0.39 is 0 Å². The number of aromatic nitrogens is 2. The second-order valence-corrected chi connectivity index (χ2v) is 8.49. The van der Waals surface area contributed by atoms with E-state index in [1.165, 1.54) is 0 Å². The first-order chi connectivity index (χ1) is 12.0. The van der Waals surface area contributed by atoms with Gasteiger partial charge < -0.3 is 5.11 Å². The third-order valence-corrected chi connectivity index (χ3v) is 4.22. The van der Waals surface area contributed by atoms with Crippen molar-refractivity contribution < 1.29 is 9.90 Å². The minimum atomic E-state index is -0.326. The Hall–Kier alpha value is -2.76. The average Bonchev–Trinajstić information content (AvgIpc) is 3.08. The molecule has 6 nitrogen and oxygen atoms in total. The number of benzene rings is 1. The molecule has 0 bridgehead atoms. The molecule has 0 radical (unpaired) electrons. The number of rotatable bonds is 2. The second-order valence-electron chi connectivity index (χ2n) is 8.49. The fraction of sp³-hybridized carbons (Fsp3) is 0.400. The number of fused-ring (bicyclic) bond motifs is 1. The number of hydrogen-bond donors (Lipinski definition) is 1. The summed E-state index contributed by atoms with van der Waals surface area (Å²) in [6, 6.07) is 8.76. The minimum absolute atomic E-state index is 0.0474. The van der Waals surface area contributed by atoms with Gasteiger partial charge in [0.25, 0.3) is 0 Å². The summed E-state index contributed by atoms with van der Waals surface area (Å²) in [5, 5.41) is 23.0. The first-order valence-electron chi connectivity index (χ1n) is 8.60. The van der Waals surface area contributed by atoms with E-state index in [1.807, 2.05) is 10.7 Å². The van der Waals surface area contributed by atoms with Crippen molar-refractivity contribution >= 4 is 17.4 Å². The molecule has 26 heavy (non-hydrogen) atoms. The van der Waals surface area contributed by atoms with Crippen LogP contribution in [0.2, 0.25) is 0 Å². The molecule has 0 unspecified atom stereocenters. The molecule has 1 aliphatic rings. The van der Waals surface area contributed by atoms with Crippen molar-refractivity contribution in [1.82, 2.24) is 9.78 Å². The highest BCUT2D eigenvalue weighted by Gasteiger charge is 2.30. The Morgan fingerprint density at radius 3 is 2.12 bits per heavy atom. The van der Waals surface area contributed by atoms with Gasteiger partial charge >= 0.3 is 0 Å². The first-order valence-corrected chi connectivity index (χ1v) is 8.60. The van der Waals surface area contributed by atoms with Crippen LogP contribution in [-0.4, -0.2) is 20.7 Å². The summed E-state index contributed by atoms with van der Waals surface area (Å²) in [4.78, 5) is 12.4. The lowest BCUT2D eigenvalue weighted by Crippen LogP contribution is -2.29. The summed E-state index contributed by atoms with van der Waals surface area (Å²) in [5.74, 6) is -0.0531. The van der Waals surface area contributed by atoms with Crippen LogP contribution < -0.4 is 0 Å². The number of aliphatic hydroxyl groups excluding tert-OH is 1. The number of aliphatic hydroxyl groups is 1. The van der Waals surface area contributed by atoms with Crippen molar-refractivity contribution in [2.75, 3.05) is 0 Å². The van der Waals surface area contributed by atoms with Gasteiger partial charge in [0.15, 0.2) is 17.3 Å². The predicted octanol–water partition coefficient (Wildman–Crippen LogP) is 5.14. The standard InChI is InChI=1S/C20H24N4O2/c1-19(2,3)14-11-15(23-24(14)20(4,5)6)21-22-16-17(25)12-9-7-8-10-13(12)18(16)26/h7-11,25H,1-6H3. The zero-order chi connectivity index (χ0) is 19.3. The molecule has 0 fully saturated rings. The molecule has 6 heteroatoms. The molecule has 1 aromatic carbocycles. The Labute approximate surface area is 153 Å². The zero-order valence-corrected chi connectivity index (χ0v) is 16.0. The third kappa shape index (κ3) is 3.07. The predicted molar refractivity (Wildman–Crippen MR) is 101 cm³/mol. The van der Waals surface area contributed by atoms with E-state index in [9.17, 15) is 9.90 Å². The fourth-order valence-corrected chi connectivity index (χ4v) is 2.91. The molecule has 1 heterocycles. The number of azo groups is 1. The molecule has 0 saturated carbocycles. The highest BCUT2D eigenvalue weighted by atomic mass is 16.3. The van der Waals surface area contributed by atoms with Crippen LogP contribution in [0.15, 0.2) is 46.3 Å². The molecule has 0 amide bonds. The second kappa shape index (κ2) is 5.90. The van der Waals surface area contributed by atoms with Crippen molar-refractivity contribution in [1.29, 1.82) is 0 Å². The van der Waals surface area contributed by atoms with Crippen molar-refractivity contribution in [3.8, 4) is 0 Å². The van der Waals surface area contributed by atoms with Gasteiger partial charge in [0, 0.05) is 28.3 Å². The normalized spacial score (nSPS) is 15.2. The number of nitrogens with zero attached hydrogens (tertiary/aromatic N) is 4. The molecule has 1 aromatic heterocycles. The van der Waals surface area contributed by atoms with E-state index in [2.05, 4.69) is 56.9 Å². The number of carbonyl (C=O) groups is 1. The molecule has 3 rings (SSSR count). The minimum Gasteiger partial charge on any atom is -0.505 e. The van der Waals surface area contributed by atoms with Gasteiger partial charge in [-0.15, -0.1) is 10.2 Å². The van der Waals surface area contributed by atoms with E-state index in [4.69, 9.17) is 0 Å². The summed E-state index contributed by atoms with van der Waals surface area (Å²) in [6.07, 6.45) is 0. The molecule has 0 aliphatic heterocycles. The largest absolute Gasteiger partial charge is 0.505 e. The van der Waals surface area contributed by atoms with E-state index in [0.29, 0.717) is 16.9 Å². The Kier molecular flexibility index (Phi) is 4.09. The van der Waals surface area contributed by atoms with E-state index >= 15 is 0 Å². The molecule has 0 saturated heterocycles. The zero-order valence-electron chi connectivity index (χ0n) is 16.0. The summed E-state index contributed by atoms with van der Waals surface area (Å²) in [5.41, 5.74) is 1.58. The van der Waals surface area contributed by atoms with Gasteiger partial charge in [-0.05, 0) is 20.8 Å². The highest BCUT2D eigenvalue weighted by Crippen LogP contribution is 2.34. The lowest BCUT2D eigenvalue weighted by atomic mass is 9.91. The molecule has 0 atom stereocenters.